The van der Waals surface area contributed by atoms with Crippen LogP contribution in [0.4, 0.5) is 22.1 Å². The first kappa shape index (κ1) is 24.3. The normalized spacial score (nSPS) is 14.9. The van der Waals surface area contributed by atoms with Crippen LogP contribution in [0.2, 0.25) is 10.0 Å². The molecule has 0 spiro atoms. The maximum Gasteiger partial charge on any atom is 0.329 e. The molecule has 0 unspecified atom stereocenters. The Bertz CT molecular complexity index is 1690. The molecule has 2 aliphatic rings. The van der Waals surface area contributed by atoms with E-state index in [9.17, 15) is 4.79 Å². The van der Waals surface area contributed by atoms with E-state index in [1.807, 2.05) is 52.3 Å². The lowest BCUT2D eigenvalue weighted by atomic mass is 10.1. The molecule has 1 fully saturated rings. The molecule has 0 aliphatic carbocycles. The van der Waals surface area contributed by atoms with Crippen molar-refractivity contribution in [3.8, 4) is 11.3 Å². The number of anilines is 3. The van der Waals surface area contributed by atoms with Crippen molar-refractivity contribution in [2.45, 2.75) is 9.79 Å². The van der Waals surface area contributed by atoms with Crippen LogP contribution in [0.1, 0.15) is 0 Å². The van der Waals surface area contributed by atoms with Gasteiger partial charge in [-0.05, 0) is 48.5 Å². The number of urea groups is 1. The van der Waals surface area contributed by atoms with Gasteiger partial charge in [-0.3, -0.25) is 4.90 Å². The number of aromatic nitrogens is 4. The second-order valence-electron chi connectivity index (χ2n) is 9.21. The van der Waals surface area contributed by atoms with Crippen LogP contribution in [0.25, 0.3) is 17.0 Å². The predicted octanol–water partition coefficient (Wildman–Crippen LogP) is 6.64. The van der Waals surface area contributed by atoms with E-state index >= 15 is 0 Å². The minimum absolute atomic E-state index is 0.0302. The van der Waals surface area contributed by atoms with Crippen molar-refractivity contribution in [2.75, 3.05) is 36.0 Å². The second-order valence-corrected chi connectivity index (χ2v) is 11.1. The van der Waals surface area contributed by atoms with Gasteiger partial charge in [0.15, 0.2) is 0 Å². The molecule has 2 amide bonds. The average Bonchev–Trinajstić information content (AvgIpc) is 3.42. The van der Waals surface area contributed by atoms with E-state index in [4.69, 9.17) is 28.3 Å². The first-order valence-corrected chi connectivity index (χ1v) is 14.0. The monoisotopic (exact) mass is 573 g/mol. The summed E-state index contributed by atoms with van der Waals surface area (Å²) in [7, 11) is 0. The number of carbonyl (C=O) groups is 1. The van der Waals surface area contributed by atoms with Crippen LogP contribution in [0.15, 0.2) is 88.8 Å². The molecule has 0 N–H and O–H groups in total. The average molecular weight is 574 g/mol. The van der Waals surface area contributed by atoms with Crippen molar-refractivity contribution >= 4 is 64.1 Å². The minimum Gasteiger partial charge on any atom is -0.336 e. The number of hydrogen-bond acceptors (Lipinski definition) is 6. The molecule has 11 heteroatoms. The van der Waals surface area contributed by atoms with Gasteiger partial charge >= 0.3 is 6.03 Å². The molecule has 2 aromatic heterocycles. The number of amides is 2. The Hall–Kier alpha value is -3.79. The Balaban J connectivity index is 1.14. The summed E-state index contributed by atoms with van der Waals surface area (Å²) in [6.45, 7) is 2.29. The van der Waals surface area contributed by atoms with Gasteiger partial charge in [-0.25, -0.2) is 9.78 Å². The third-order valence-corrected chi connectivity index (χ3v) is 8.59. The lowest BCUT2D eigenvalue weighted by Crippen LogP contribution is -2.52. The number of rotatable bonds is 2. The van der Waals surface area contributed by atoms with Gasteiger partial charge in [0.1, 0.15) is 0 Å². The summed E-state index contributed by atoms with van der Waals surface area (Å²) in [6, 6.07) is 23.2. The van der Waals surface area contributed by atoms with Gasteiger partial charge < -0.3 is 9.80 Å². The first-order chi connectivity index (χ1) is 19.1. The zero-order valence-corrected chi connectivity index (χ0v) is 22.9. The highest BCUT2D eigenvalue weighted by Crippen LogP contribution is 2.48. The van der Waals surface area contributed by atoms with Gasteiger partial charge in [-0.2, -0.15) is 9.50 Å². The quantitative estimate of drug-likeness (QED) is 0.235. The predicted molar refractivity (Wildman–Crippen MR) is 155 cm³/mol. The van der Waals surface area contributed by atoms with E-state index in [2.05, 4.69) is 27.0 Å². The van der Waals surface area contributed by atoms with Crippen LogP contribution in [0.5, 0.6) is 0 Å². The van der Waals surface area contributed by atoms with Crippen LogP contribution in [-0.4, -0.2) is 56.7 Å². The van der Waals surface area contributed by atoms with Gasteiger partial charge in [0.2, 0.25) is 5.95 Å². The van der Waals surface area contributed by atoms with Crippen LogP contribution in [-0.2, 0) is 0 Å². The molecule has 1 saturated heterocycles. The molecule has 0 radical (unpaired) electrons. The molecular weight excluding hydrogens is 553 g/mol. The molecule has 194 valence electrons. The topological polar surface area (TPSA) is 69.9 Å². The number of benzene rings is 3. The number of para-hydroxylation sites is 2. The van der Waals surface area contributed by atoms with Gasteiger partial charge in [0, 0.05) is 52.8 Å². The van der Waals surface area contributed by atoms with Gasteiger partial charge in [0.25, 0.3) is 5.78 Å². The summed E-state index contributed by atoms with van der Waals surface area (Å²) < 4.78 is 1.68. The van der Waals surface area contributed by atoms with Crippen molar-refractivity contribution in [3.63, 3.8) is 0 Å². The smallest absolute Gasteiger partial charge is 0.329 e. The van der Waals surface area contributed by atoms with E-state index < -0.39 is 0 Å². The van der Waals surface area contributed by atoms with E-state index in [1.54, 1.807) is 40.7 Å². The number of carbonyl (C=O) groups excluding carboxylic acids is 1. The fourth-order valence-electron chi connectivity index (χ4n) is 4.97. The lowest BCUT2D eigenvalue weighted by molar-refractivity contribution is 0.203. The Kier molecular flexibility index (Phi) is 6.07. The molecule has 5 aromatic rings. The van der Waals surface area contributed by atoms with Crippen molar-refractivity contribution in [3.05, 3.63) is 89.0 Å². The molecule has 4 heterocycles. The highest BCUT2D eigenvalue weighted by Gasteiger charge is 2.33. The fourth-order valence-corrected chi connectivity index (χ4v) is 6.41. The second kappa shape index (κ2) is 9.75. The SMILES string of the molecule is O=C(N1CCN(c2nc3nccc(-c4cc(Cl)ccc4Cl)n3n2)CC1)N1c2ccccc2Sc2ccccc21. The van der Waals surface area contributed by atoms with Crippen LogP contribution in [0, 0.1) is 0 Å². The Morgan fingerprint density at radius 3 is 2.26 bits per heavy atom. The van der Waals surface area contributed by atoms with Crippen molar-refractivity contribution in [1.29, 1.82) is 0 Å². The number of hydrogen-bond donors (Lipinski definition) is 0. The van der Waals surface area contributed by atoms with Crippen molar-refractivity contribution in [1.82, 2.24) is 24.5 Å². The fraction of sp³-hybridized carbons (Fsp3) is 0.143. The molecule has 39 heavy (non-hydrogen) atoms. The molecule has 7 rings (SSSR count). The number of piperazine rings is 1. The third kappa shape index (κ3) is 4.27. The molecule has 8 nitrogen and oxygen atoms in total. The highest BCUT2D eigenvalue weighted by atomic mass is 35.5. The molecule has 0 atom stereocenters. The van der Waals surface area contributed by atoms with E-state index in [0.29, 0.717) is 48.0 Å². The van der Waals surface area contributed by atoms with Crippen LogP contribution < -0.4 is 9.80 Å². The van der Waals surface area contributed by atoms with Crippen LogP contribution >= 0.6 is 35.0 Å². The van der Waals surface area contributed by atoms with Gasteiger partial charge in [-0.15, -0.1) is 5.10 Å². The zero-order valence-electron chi connectivity index (χ0n) is 20.5. The largest absolute Gasteiger partial charge is 0.336 e. The Morgan fingerprint density at radius 1 is 0.846 bits per heavy atom. The van der Waals surface area contributed by atoms with Crippen LogP contribution in [0.3, 0.4) is 0 Å². The van der Waals surface area contributed by atoms with Crippen molar-refractivity contribution < 1.29 is 4.79 Å². The van der Waals surface area contributed by atoms with E-state index in [0.717, 1.165) is 32.4 Å². The number of fused-ring (bicyclic) bond motifs is 3. The van der Waals surface area contributed by atoms with Gasteiger partial charge in [-0.1, -0.05) is 59.2 Å². The Labute approximate surface area is 238 Å². The van der Waals surface area contributed by atoms with Crippen molar-refractivity contribution in [2.24, 2.45) is 0 Å². The number of nitrogens with zero attached hydrogens (tertiary/aromatic N) is 7. The standard InChI is InChI=1S/C28H21Cl2N7OS/c29-18-9-10-20(30)19(17-18)21-11-12-31-26-32-27(33-37(21)26)34-13-15-35(16-14-34)28(38)36-22-5-1-3-7-24(22)39-25-8-4-2-6-23(25)36/h1-12,17H,13-16H2. The first-order valence-electron chi connectivity index (χ1n) is 12.4. The Morgan fingerprint density at radius 2 is 1.54 bits per heavy atom. The maximum absolute atomic E-state index is 13.9. The zero-order chi connectivity index (χ0) is 26.5. The molecule has 0 saturated carbocycles. The molecule has 0 bridgehead atoms. The lowest BCUT2D eigenvalue weighted by Gasteiger charge is -2.39. The summed E-state index contributed by atoms with van der Waals surface area (Å²) in [4.78, 5) is 30.9. The van der Waals surface area contributed by atoms with E-state index in [-0.39, 0.29) is 6.03 Å². The highest BCUT2D eigenvalue weighted by molar-refractivity contribution is 7.99. The summed E-state index contributed by atoms with van der Waals surface area (Å²) in [5.74, 6) is 1.03. The minimum atomic E-state index is -0.0302. The summed E-state index contributed by atoms with van der Waals surface area (Å²) in [5, 5.41) is 5.90. The maximum atomic E-state index is 13.9. The summed E-state index contributed by atoms with van der Waals surface area (Å²) in [6.07, 6.45) is 1.68. The molecule has 3 aromatic carbocycles. The van der Waals surface area contributed by atoms with E-state index in [1.165, 1.54) is 0 Å². The molecule has 2 aliphatic heterocycles. The van der Waals surface area contributed by atoms with Gasteiger partial charge in [0.05, 0.1) is 22.1 Å². The molecular formula is C28H21Cl2N7OS. The summed E-state index contributed by atoms with van der Waals surface area (Å²) >= 11 is 14.4. The summed E-state index contributed by atoms with van der Waals surface area (Å²) in [5.41, 5.74) is 3.33. The number of halogens is 2. The third-order valence-electron chi connectivity index (χ3n) is 6.89.